The summed E-state index contributed by atoms with van der Waals surface area (Å²) in [4.78, 5) is 12.5. The van der Waals surface area contributed by atoms with Gasteiger partial charge in [0, 0.05) is 6.08 Å². The number of esters is 1. The molecule has 0 aromatic heterocycles. The van der Waals surface area contributed by atoms with E-state index in [1.165, 1.54) is 6.08 Å². The fourth-order valence-corrected chi connectivity index (χ4v) is 4.45. The third-order valence-corrected chi connectivity index (χ3v) is 6.21. The zero-order valence-electron chi connectivity index (χ0n) is 16.3. The standard InChI is InChI=1S/C23H26F3NO2/c24-23(25,26)20-11-9-18(10-12-20)17-5-7-19(8-6-17)22(28)29-21-13-3-16(4-14-21)2-1-15-27/h1-2,9-12,16-17,19,21H,3-8,13-14H2/b2-1+/t16?,17-,19-,21?. The largest absolute Gasteiger partial charge is 0.462 e. The molecule has 0 spiro atoms. The second-order valence-electron chi connectivity index (χ2n) is 8.13. The Labute approximate surface area is 169 Å². The predicted molar refractivity (Wildman–Crippen MR) is 103 cm³/mol. The highest BCUT2D eigenvalue weighted by molar-refractivity contribution is 5.72. The molecule has 2 aliphatic carbocycles. The number of halogens is 3. The number of rotatable bonds is 4. The second kappa shape index (κ2) is 9.47. The molecule has 156 valence electrons. The van der Waals surface area contributed by atoms with Crippen LogP contribution in [0.2, 0.25) is 0 Å². The number of nitrogens with zero attached hydrogens (tertiary/aromatic N) is 1. The summed E-state index contributed by atoms with van der Waals surface area (Å²) in [6, 6.07) is 7.41. The maximum absolute atomic E-state index is 12.7. The first-order valence-corrected chi connectivity index (χ1v) is 10.3. The number of alkyl halides is 3. The molecular formula is C23H26F3NO2. The summed E-state index contributed by atoms with van der Waals surface area (Å²) >= 11 is 0. The molecule has 0 radical (unpaired) electrons. The van der Waals surface area contributed by atoms with E-state index in [4.69, 9.17) is 10.00 Å². The first-order valence-electron chi connectivity index (χ1n) is 10.3. The van der Waals surface area contributed by atoms with E-state index in [2.05, 4.69) is 0 Å². The number of carbonyl (C=O) groups is 1. The number of carbonyl (C=O) groups excluding carboxylic acids is 1. The molecule has 0 bridgehead atoms. The monoisotopic (exact) mass is 405 g/mol. The smallest absolute Gasteiger partial charge is 0.416 e. The number of allylic oxidation sites excluding steroid dienone is 2. The number of hydrogen-bond acceptors (Lipinski definition) is 3. The summed E-state index contributed by atoms with van der Waals surface area (Å²) < 4.78 is 43.8. The second-order valence-corrected chi connectivity index (χ2v) is 8.13. The highest BCUT2D eigenvalue weighted by Crippen LogP contribution is 2.38. The van der Waals surface area contributed by atoms with Crippen LogP contribution >= 0.6 is 0 Å². The minimum Gasteiger partial charge on any atom is -0.462 e. The van der Waals surface area contributed by atoms with Gasteiger partial charge < -0.3 is 4.74 Å². The van der Waals surface area contributed by atoms with Gasteiger partial charge in [-0.05, 0) is 80.9 Å². The first kappa shape index (κ1) is 21.4. The topological polar surface area (TPSA) is 50.1 Å². The van der Waals surface area contributed by atoms with E-state index in [0.29, 0.717) is 18.8 Å². The van der Waals surface area contributed by atoms with Crippen LogP contribution < -0.4 is 0 Å². The number of nitriles is 1. The van der Waals surface area contributed by atoms with Crippen LogP contribution in [0.1, 0.15) is 68.4 Å². The van der Waals surface area contributed by atoms with Gasteiger partial charge in [0.2, 0.25) is 0 Å². The highest BCUT2D eigenvalue weighted by Gasteiger charge is 2.32. The van der Waals surface area contributed by atoms with E-state index >= 15 is 0 Å². The van der Waals surface area contributed by atoms with Crippen molar-refractivity contribution in [2.75, 3.05) is 0 Å². The lowest BCUT2D eigenvalue weighted by atomic mass is 9.78. The molecule has 0 atom stereocenters. The van der Waals surface area contributed by atoms with Crippen molar-refractivity contribution in [3.63, 3.8) is 0 Å². The molecule has 29 heavy (non-hydrogen) atoms. The molecule has 0 unspecified atom stereocenters. The Morgan fingerprint density at radius 1 is 1.00 bits per heavy atom. The van der Waals surface area contributed by atoms with Crippen molar-refractivity contribution in [1.29, 1.82) is 5.26 Å². The van der Waals surface area contributed by atoms with Crippen LogP contribution in [0.25, 0.3) is 0 Å². The van der Waals surface area contributed by atoms with Crippen LogP contribution in [0.15, 0.2) is 36.4 Å². The quantitative estimate of drug-likeness (QED) is 0.445. The van der Waals surface area contributed by atoms with Crippen molar-refractivity contribution >= 4 is 5.97 Å². The van der Waals surface area contributed by atoms with Gasteiger partial charge in [-0.3, -0.25) is 4.79 Å². The minimum absolute atomic E-state index is 0.0399. The summed E-state index contributed by atoms with van der Waals surface area (Å²) in [6.07, 6.45) is 5.61. The van der Waals surface area contributed by atoms with Crippen LogP contribution in [-0.4, -0.2) is 12.1 Å². The van der Waals surface area contributed by atoms with Gasteiger partial charge in [-0.1, -0.05) is 18.2 Å². The third kappa shape index (κ3) is 5.85. The highest BCUT2D eigenvalue weighted by atomic mass is 19.4. The van der Waals surface area contributed by atoms with E-state index < -0.39 is 11.7 Å². The molecule has 0 N–H and O–H groups in total. The van der Waals surface area contributed by atoms with Gasteiger partial charge in [0.15, 0.2) is 0 Å². The first-order chi connectivity index (χ1) is 13.9. The van der Waals surface area contributed by atoms with E-state index in [1.54, 1.807) is 12.1 Å². The maximum Gasteiger partial charge on any atom is 0.416 e. The zero-order valence-corrected chi connectivity index (χ0v) is 16.3. The Hall–Kier alpha value is -2.29. The maximum atomic E-state index is 12.7. The molecule has 6 heteroatoms. The number of benzene rings is 1. The average molecular weight is 405 g/mol. The molecule has 0 aliphatic heterocycles. The normalized spacial score (nSPS) is 28.1. The number of ether oxygens (including phenoxy) is 1. The molecule has 0 saturated heterocycles. The molecule has 1 aromatic rings. The van der Waals surface area contributed by atoms with Gasteiger partial charge in [0.05, 0.1) is 17.6 Å². The predicted octanol–water partition coefficient (Wildman–Crippen LogP) is 6.16. The van der Waals surface area contributed by atoms with Gasteiger partial charge >= 0.3 is 12.1 Å². The SMILES string of the molecule is N#C/C=C/C1CCC(OC(=O)[C@H]2CC[C@H](c3ccc(C(F)(F)F)cc3)CC2)CC1. The van der Waals surface area contributed by atoms with Gasteiger partial charge in [-0.25, -0.2) is 0 Å². The van der Waals surface area contributed by atoms with Gasteiger partial charge in [0.25, 0.3) is 0 Å². The van der Waals surface area contributed by atoms with Crippen LogP contribution in [0.5, 0.6) is 0 Å². The summed E-state index contributed by atoms with van der Waals surface area (Å²) in [5.74, 6) is 0.344. The number of hydrogen-bond donors (Lipinski definition) is 0. The zero-order chi connectivity index (χ0) is 20.9. The van der Waals surface area contributed by atoms with Gasteiger partial charge in [-0.15, -0.1) is 0 Å². The van der Waals surface area contributed by atoms with Crippen molar-refractivity contribution in [1.82, 2.24) is 0 Å². The van der Waals surface area contributed by atoms with Crippen molar-refractivity contribution in [3.8, 4) is 6.07 Å². The lowest BCUT2D eigenvalue weighted by molar-refractivity contribution is -0.157. The van der Waals surface area contributed by atoms with Gasteiger partial charge in [0.1, 0.15) is 6.10 Å². The van der Waals surface area contributed by atoms with E-state index in [-0.39, 0.29) is 23.9 Å². The lowest BCUT2D eigenvalue weighted by Gasteiger charge is -2.31. The summed E-state index contributed by atoms with van der Waals surface area (Å²) in [6.45, 7) is 0. The van der Waals surface area contributed by atoms with E-state index in [0.717, 1.165) is 56.2 Å². The van der Waals surface area contributed by atoms with Crippen LogP contribution in [0.3, 0.4) is 0 Å². The molecule has 2 saturated carbocycles. The van der Waals surface area contributed by atoms with Crippen molar-refractivity contribution in [2.45, 2.75) is 69.6 Å². The molecule has 3 rings (SSSR count). The Morgan fingerprint density at radius 3 is 2.17 bits per heavy atom. The molecule has 1 aromatic carbocycles. The Morgan fingerprint density at radius 2 is 1.62 bits per heavy atom. The van der Waals surface area contributed by atoms with E-state index in [1.807, 2.05) is 12.1 Å². The van der Waals surface area contributed by atoms with Crippen molar-refractivity contribution in [3.05, 3.63) is 47.5 Å². The third-order valence-electron chi connectivity index (χ3n) is 6.21. The van der Waals surface area contributed by atoms with Gasteiger partial charge in [-0.2, -0.15) is 18.4 Å². The fourth-order valence-electron chi connectivity index (χ4n) is 4.45. The van der Waals surface area contributed by atoms with E-state index in [9.17, 15) is 18.0 Å². The molecule has 2 aliphatic rings. The Kier molecular flexibility index (Phi) is 7.00. The lowest BCUT2D eigenvalue weighted by Crippen LogP contribution is -2.29. The summed E-state index contributed by atoms with van der Waals surface area (Å²) in [5, 5.41) is 8.60. The average Bonchev–Trinajstić information content (AvgIpc) is 2.73. The molecule has 0 heterocycles. The summed E-state index contributed by atoms with van der Waals surface area (Å²) in [5.41, 5.74) is 0.282. The molecule has 2 fully saturated rings. The van der Waals surface area contributed by atoms with Crippen LogP contribution in [0.4, 0.5) is 13.2 Å². The molecule has 0 amide bonds. The fraction of sp³-hybridized carbons (Fsp3) is 0.565. The Bertz CT molecular complexity index is 748. The van der Waals surface area contributed by atoms with Crippen LogP contribution in [0, 0.1) is 23.2 Å². The summed E-state index contributed by atoms with van der Waals surface area (Å²) in [7, 11) is 0. The molecule has 3 nitrogen and oxygen atoms in total. The van der Waals surface area contributed by atoms with Crippen molar-refractivity contribution < 1.29 is 22.7 Å². The molecular weight excluding hydrogens is 379 g/mol. The van der Waals surface area contributed by atoms with Crippen LogP contribution in [-0.2, 0) is 15.7 Å². The minimum atomic E-state index is -4.31. The van der Waals surface area contributed by atoms with Crippen molar-refractivity contribution in [2.24, 2.45) is 11.8 Å². The Balaban J connectivity index is 1.44.